The van der Waals surface area contributed by atoms with Gasteiger partial charge in [0.1, 0.15) is 11.5 Å². The number of hydrogen-bond donors (Lipinski definition) is 1. The second-order valence-corrected chi connectivity index (χ2v) is 6.48. The largest absolute Gasteiger partial charge is 0.497 e. The van der Waals surface area contributed by atoms with E-state index in [4.69, 9.17) is 33.0 Å². The van der Waals surface area contributed by atoms with Gasteiger partial charge in [-0.3, -0.25) is 0 Å². The molecule has 0 aliphatic rings. The molecule has 134 valence electrons. The van der Waals surface area contributed by atoms with Crippen molar-refractivity contribution in [2.75, 3.05) is 12.4 Å². The van der Waals surface area contributed by atoms with Crippen LogP contribution < -0.4 is 10.1 Å². The molecule has 6 heteroatoms. The van der Waals surface area contributed by atoms with Gasteiger partial charge in [-0.05, 0) is 48.1 Å². The van der Waals surface area contributed by atoms with E-state index in [9.17, 15) is 0 Å². The molecule has 0 amide bonds. The van der Waals surface area contributed by atoms with Crippen LogP contribution in [0.25, 0.3) is 0 Å². The predicted octanol–water partition coefficient (Wildman–Crippen LogP) is 5.34. The Hall–Kier alpha value is -2.50. The Kier molecular flexibility index (Phi) is 6.15. The number of furan rings is 1. The molecule has 0 aliphatic heterocycles. The first-order chi connectivity index (χ1) is 12.7. The molecule has 0 radical (unpaired) electrons. The molecule has 0 unspecified atom stereocenters. The SMILES string of the molecule is COc1cccc(NC(=S)N(Cc2ccco2)Cc2ccccc2Cl)c1. The van der Waals surface area contributed by atoms with Crippen LogP contribution in [0.2, 0.25) is 5.02 Å². The first-order valence-electron chi connectivity index (χ1n) is 8.11. The van der Waals surface area contributed by atoms with Crippen LogP contribution in [0.3, 0.4) is 0 Å². The van der Waals surface area contributed by atoms with Crippen molar-refractivity contribution in [2.45, 2.75) is 13.1 Å². The number of hydrogen-bond acceptors (Lipinski definition) is 3. The highest BCUT2D eigenvalue weighted by atomic mass is 35.5. The maximum atomic E-state index is 6.32. The summed E-state index contributed by atoms with van der Waals surface area (Å²) in [5.74, 6) is 1.59. The first kappa shape index (κ1) is 18.3. The summed E-state index contributed by atoms with van der Waals surface area (Å²) in [6, 6.07) is 19.2. The summed E-state index contributed by atoms with van der Waals surface area (Å²) in [5, 5.41) is 4.55. The van der Waals surface area contributed by atoms with Crippen molar-refractivity contribution in [1.82, 2.24) is 4.90 Å². The van der Waals surface area contributed by atoms with Crippen LogP contribution in [0, 0.1) is 0 Å². The summed E-state index contributed by atoms with van der Waals surface area (Å²) in [5.41, 5.74) is 1.86. The van der Waals surface area contributed by atoms with Gasteiger partial charge in [0.05, 0.1) is 19.9 Å². The van der Waals surface area contributed by atoms with Crippen LogP contribution in [-0.2, 0) is 13.1 Å². The second-order valence-electron chi connectivity index (χ2n) is 5.69. The molecule has 3 aromatic rings. The highest BCUT2D eigenvalue weighted by Crippen LogP contribution is 2.21. The van der Waals surface area contributed by atoms with Crippen LogP contribution in [0.15, 0.2) is 71.3 Å². The second kappa shape index (κ2) is 8.74. The van der Waals surface area contributed by atoms with Crippen LogP contribution in [0.5, 0.6) is 5.75 Å². The maximum Gasteiger partial charge on any atom is 0.174 e. The monoisotopic (exact) mass is 386 g/mol. The van der Waals surface area contributed by atoms with Crippen molar-refractivity contribution in [1.29, 1.82) is 0 Å². The summed E-state index contributed by atoms with van der Waals surface area (Å²) in [7, 11) is 1.64. The van der Waals surface area contributed by atoms with Crippen molar-refractivity contribution in [3.8, 4) is 5.75 Å². The lowest BCUT2D eigenvalue weighted by Gasteiger charge is -2.25. The highest BCUT2D eigenvalue weighted by molar-refractivity contribution is 7.80. The standard InChI is InChI=1S/C20H19ClN2O2S/c1-24-17-8-4-7-16(12-17)22-20(26)23(14-18-9-5-11-25-18)13-15-6-2-3-10-19(15)21/h2-12H,13-14H2,1H3,(H,22,26). The van der Waals surface area contributed by atoms with Gasteiger partial charge in [-0.15, -0.1) is 0 Å². The Labute approximate surface area is 163 Å². The molecule has 4 nitrogen and oxygen atoms in total. The van der Waals surface area contributed by atoms with Crippen molar-refractivity contribution in [3.05, 3.63) is 83.3 Å². The van der Waals surface area contributed by atoms with Crippen LogP contribution in [0.1, 0.15) is 11.3 Å². The van der Waals surface area contributed by atoms with Gasteiger partial charge in [-0.25, -0.2) is 0 Å². The summed E-state index contributed by atoms with van der Waals surface area (Å²) in [6.07, 6.45) is 1.65. The minimum atomic E-state index is 0.536. The van der Waals surface area contributed by atoms with Gasteiger partial charge >= 0.3 is 0 Å². The average Bonchev–Trinajstić information content (AvgIpc) is 3.16. The number of nitrogens with zero attached hydrogens (tertiary/aromatic N) is 1. The van der Waals surface area contributed by atoms with E-state index in [0.717, 1.165) is 22.8 Å². The number of halogens is 1. The van der Waals surface area contributed by atoms with Gasteiger partial charge in [-0.1, -0.05) is 35.9 Å². The summed E-state index contributed by atoms with van der Waals surface area (Å²) in [4.78, 5) is 2.01. The number of methoxy groups -OCH3 is 1. The summed E-state index contributed by atoms with van der Waals surface area (Å²) >= 11 is 12.0. The molecule has 0 fully saturated rings. The van der Waals surface area contributed by atoms with Gasteiger partial charge in [0.15, 0.2) is 5.11 Å². The zero-order valence-corrected chi connectivity index (χ0v) is 15.9. The molecule has 0 saturated heterocycles. The van der Waals surface area contributed by atoms with Crippen LogP contribution in [0.4, 0.5) is 5.69 Å². The molecule has 0 atom stereocenters. The maximum absolute atomic E-state index is 6.32. The molecular weight excluding hydrogens is 368 g/mol. The summed E-state index contributed by atoms with van der Waals surface area (Å²) < 4.78 is 10.8. The Morgan fingerprint density at radius 1 is 1.12 bits per heavy atom. The van der Waals surface area contributed by atoms with Crippen molar-refractivity contribution in [3.63, 3.8) is 0 Å². The van der Waals surface area contributed by atoms with E-state index in [-0.39, 0.29) is 0 Å². The molecule has 2 aromatic carbocycles. The molecule has 1 N–H and O–H groups in total. The lowest BCUT2D eigenvalue weighted by atomic mass is 10.2. The van der Waals surface area contributed by atoms with Crippen LogP contribution >= 0.6 is 23.8 Å². The number of nitrogens with one attached hydrogen (secondary N) is 1. The van der Waals surface area contributed by atoms with Gasteiger partial charge < -0.3 is 19.4 Å². The third-order valence-corrected chi connectivity index (χ3v) is 4.58. The average molecular weight is 387 g/mol. The van der Waals surface area contributed by atoms with Gasteiger partial charge in [0, 0.05) is 23.3 Å². The first-order valence-corrected chi connectivity index (χ1v) is 8.90. The van der Waals surface area contributed by atoms with E-state index in [1.807, 2.05) is 65.6 Å². The Morgan fingerprint density at radius 2 is 1.96 bits per heavy atom. The molecular formula is C20H19ClN2O2S. The normalized spacial score (nSPS) is 10.4. The van der Waals surface area contributed by atoms with Crippen molar-refractivity contribution >= 4 is 34.6 Å². The molecule has 1 heterocycles. The fourth-order valence-electron chi connectivity index (χ4n) is 2.53. The minimum Gasteiger partial charge on any atom is -0.497 e. The third kappa shape index (κ3) is 4.77. The van der Waals surface area contributed by atoms with E-state index >= 15 is 0 Å². The topological polar surface area (TPSA) is 37.6 Å². The predicted molar refractivity (Wildman–Crippen MR) is 109 cm³/mol. The smallest absolute Gasteiger partial charge is 0.174 e. The zero-order valence-electron chi connectivity index (χ0n) is 14.3. The molecule has 0 spiro atoms. The molecule has 3 rings (SSSR count). The Balaban J connectivity index is 1.79. The number of anilines is 1. The summed E-state index contributed by atoms with van der Waals surface area (Å²) in [6.45, 7) is 1.10. The van der Waals surface area contributed by atoms with E-state index in [2.05, 4.69) is 5.32 Å². The quantitative estimate of drug-likeness (QED) is 0.579. The zero-order chi connectivity index (χ0) is 18.4. The Bertz CT molecular complexity index is 868. The number of ether oxygens (including phenoxy) is 1. The highest BCUT2D eigenvalue weighted by Gasteiger charge is 2.15. The van der Waals surface area contributed by atoms with Crippen LogP contribution in [-0.4, -0.2) is 17.1 Å². The lowest BCUT2D eigenvalue weighted by Crippen LogP contribution is -2.33. The fraction of sp³-hybridized carbons (Fsp3) is 0.150. The minimum absolute atomic E-state index is 0.536. The third-order valence-electron chi connectivity index (χ3n) is 3.85. The van der Waals surface area contributed by atoms with E-state index in [1.165, 1.54) is 0 Å². The number of rotatable bonds is 6. The molecule has 0 saturated carbocycles. The lowest BCUT2D eigenvalue weighted by molar-refractivity contribution is 0.360. The number of benzene rings is 2. The van der Waals surface area contributed by atoms with Gasteiger partial charge in [0.25, 0.3) is 0 Å². The van der Waals surface area contributed by atoms with E-state index in [0.29, 0.717) is 23.2 Å². The van der Waals surface area contributed by atoms with E-state index < -0.39 is 0 Å². The Morgan fingerprint density at radius 3 is 2.69 bits per heavy atom. The van der Waals surface area contributed by atoms with Crippen molar-refractivity contribution in [2.24, 2.45) is 0 Å². The van der Waals surface area contributed by atoms with E-state index in [1.54, 1.807) is 13.4 Å². The molecule has 0 bridgehead atoms. The molecule has 0 aliphatic carbocycles. The fourth-order valence-corrected chi connectivity index (χ4v) is 2.97. The molecule has 26 heavy (non-hydrogen) atoms. The van der Waals surface area contributed by atoms with Crippen molar-refractivity contribution < 1.29 is 9.15 Å². The molecule has 1 aromatic heterocycles. The van der Waals surface area contributed by atoms with Gasteiger partial charge in [-0.2, -0.15) is 0 Å². The van der Waals surface area contributed by atoms with Gasteiger partial charge in [0.2, 0.25) is 0 Å². The number of thiocarbonyl (C=S) groups is 1.